The van der Waals surface area contributed by atoms with Crippen LogP contribution in [0.25, 0.3) is 0 Å². The molecule has 2 unspecified atom stereocenters. The molecule has 2 atom stereocenters. The van der Waals surface area contributed by atoms with Crippen molar-refractivity contribution >= 4 is 0 Å². The molecule has 0 aliphatic rings. The van der Waals surface area contributed by atoms with Gasteiger partial charge in [-0.1, -0.05) is 31.2 Å². The number of benzene rings is 2. The van der Waals surface area contributed by atoms with Gasteiger partial charge in [0.05, 0.1) is 6.10 Å². The highest BCUT2D eigenvalue weighted by Gasteiger charge is 2.16. The SMILES string of the molecule is CCC(NCC(O)c1ccc(F)cc1C)c1ccccc1O. The Morgan fingerprint density at radius 1 is 1.14 bits per heavy atom. The normalized spacial score (nSPS) is 13.8. The molecule has 22 heavy (non-hydrogen) atoms. The third-order valence-corrected chi connectivity index (χ3v) is 3.87. The Morgan fingerprint density at radius 2 is 1.86 bits per heavy atom. The number of hydrogen-bond donors (Lipinski definition) is 3. The van der Waals surface area contributed by atoms with E-state index in [2.05, 4.69) is 5.32 Å². The molecule has 0 saturated carbocycles. The molecule has 4 heteroatoms. The fraction of sp³-hybridized carbons (Fsp3) is 0.333. The second kappa shape index (κ2) is 7.38. The zero-order valence-electron chi connectivity index (χ0n) is 12.9. The summed E-state index contributed by atoms with van der Waals surface area (Å²) in [6, 6.07) is 11.5. The van der Waals surface area contributed by atoms with Crippen LogP contribution in [0.1, 0.15) is 42.2 Å². The van der Waals surface area contributed by atoms with Crippen LogP contribution < -0.4 is 5.32 Å². The lowest BCUT2D eigenvalue weighted by molar-refractivity contribution is 0.168. The standard InChI is InChI=1S/C18H22FNO2/c1-3-16(15-6-4-5-7-17(15)21)20-11-18(22)14-9-8-13(19)10-12(14)2/h4-10,16,18,20-22H,3,11H2,1-2H3. The highest BCUT2D eigenvalue weighted by atomic mass is 19.1. The zero-order chi connectivity index (χ0) is 16.1. The van der Waals surface area contributed by atoms with Crippen molar-refractivity contribution in [3.05, 3.63) is 65.0 Å². The van der Waals surface area contributed by atoms with Crippen molar-refractivity contribution in [2.75, 3.05) is 6.54 Å². The van der Waals surface area contributed by atoms with Gasteiger partial charge in [-0.3, -0.25) is 0 Å². The first-order valence-corrected chi connectivity index (χ1v) is 7.48. The van der Waals surface area contributed by atoms with Crippen LogP contribution in [0.2, 0.25) is 0 Å². The van der Waals surface area contributed by atoms with E-state index < -0.39 is 6.10 Å². The van der Waals surface area contributed by atoms with Gasteiger partial charge in [-0.15, -0.1) is 0 Å². The predicted octanol–water partition coefficient (Wildman–Crippen LogP) is 3.61. The van der Waals surface area contributed by atoms with Gasteiger partial charge in [0.1, 0.15) is 11.6 Å². The van der Waals surface area contributed by atoms with Crippen LogP contribution in [0.3, 0.4) is 0 Å². The van der Waals surface area contributed by atoms with Crippen molar-refractivity contribution in [1.29, 1.82) is 0 Å². The van der Waals surface area contributed by atoms with Crippen molar-refractivity contribution < 1.29 is 14.6 Å². The molecule has 3 nitrogen and oxygen atoms in total. The van der Waals surface area contributed by atoms with Gasteiger partial charge >= 0.3 is 0 Å². The monoisotopic (exact) mass is 303 g/mol. The third-order valence-electron chi connectivity index (χ3n) is 3.87. The number of para-hydroxylation sites is 1. The Balaban J connectivity index is 2.05. The van der Waals surface area contributed by atoms with Gasteiger partial charge in [-0.2, -0.15) is 0 Å². The van der Waals surface area contributed by atoms with Gasteiger partial charge in [-0.25, -0.2) is 4.39 Å². The first-order valence-electron chi connectivity index (χ1n) is 7.48. The topological polar surface area (TPSA) is 52.5 Å². The lowest BCUT2D eigenvalue weighted by atomic mass is 10.0. The summed E-state index contributed by atoms with van der Waals surface area (Å²) in [5.41, 5.74) is 2.25. The second-order valence-electron chi connectivity index (χ2n) is 5.44. The van der Waals surface area contributed by atoms with E-state index >= 15 is 0 Å². The summed E-state index contributed by atoms with van der Waals surface area (Å²) in [4.78, 5) is 0. The van der Waals surface area contributed by atoms with Crippen LogP contribution in [0, 0.1) is 12.7 Å². The van der Waals surface area contributed by atoms with E-state index in [0.717, 1.165) is 17.5 Å². The molecule has 0 aliphatic carbocycles. The van der Waals surface area contributed by atoms with Gasteiger partial charge in [0.15, 0.2) is 0 Å². The lowest BCUT2D eigenvalue weighted by Gasteiger charge is -2.21. The summed E-state index contributed by atoms with van der Waals surface area (Å²) in [5, 5.41) is 23.5. The zero-order valence-corrected chi connectivity index (χ0v) is 12.9. The third kappa shape index (κ3) is 3.84. The molecule has 2 rings (SSSR count). The van der Waals surface area contributed by atoms with Gasteiger partial charge in [0.25, 0.3) is 0 Å². The minimum absolute atomic E-state index is 0.0448. The van der Waals surface area contributed by atoms with Crippen LogP contribution in [0.5, 0.6) is 5.75 Å². The van der Waals surface area contributed by atoms with Crippen LogP contribution in [-0.2, 0) is 0 Å². The summed E-state index contributed by atoms with van der Waals surface area (Å²) < 4.78 is 13.1. The number of aryl methyl sites for hydroxylation is 1. The van der Waals surface area contributed by atoms with Gasteiger partial charge in [0.2, 0.25) is 0 Å². The maximum Gasteiger partial charge on any atom is 0.123 e. The Bertz CT molecular complexity index is 630. The number of phenols is 1. The number of phenolic OH excluding ortho intramolecular Hbond substituents is 1. The van der Waals surface area contributed by atoms with Crippen molar-refractivity contribution in [2.45, 2.75) is 32.4 Å². The highest BCUT2D eigenvalue weighted by molar-refractivity contribution is 5.34. The molecule has 2 aromatic carbocycles. The van der Waals surface area contributed by atoms with E-state index in [1.165, 1.54) is 12.1 Å². The number of aliphatic hydroxyl groups is 1. The number of nitrogens with one attached hydrogen (secondary N) is 1. The Kier molecular flexibility index (Phi) is 5.52. The molecule has 2 aromatic rings. The van der Waals surface area contributed by atoms with Crippen LogP contribution >= 0.6 is 0 Å². The van der Waals surface area contributed by atoms with Gasteiger partial charge in [-0.05, 0) is 42.7 Å². The van der Waals surface area contributed by atoms with E-state index in [9.17, 15) is 14.6 Å². The first-order chi connectivity index (χ1) is 10.5. The molecule has 0 bridgehead atoms. The minimum Gasteiger partial charge on any atom is -0.508 e. The number of aromatic hydroxyl groups is 1. The quantitative estimate of drug-likeness (QED) is 0.764. The summed E-state index contributed by atoms with van der Waals surface area (Å²) in [5.74, 6) is -0.0589. The molecule has 0 radical (unpaired) electrons. The molecule has 0 fully saturated rings. The largest absolute Gasteiger partial charge is 0.508 e. The van der Waals surface area contributed by atoms with E-state index in [0.29, 0.717) is 12.1 Å². The number of hydrogen-bond acceptors (Lipinski definition) is 3. The summed E-state index contributed by atoms with van der Waals surface area (Å²) in [7, 11) is 0. The molecule has 0 aliphatic heterocycles. The van der Waals surface area contributed by atoms with Gasteiger partial charge in [0, 0.05) is 18.2 Å². The molecule has 0 aromatic heterocycles. The fourth-order valence-electron chi connectivity index (χ4n) is 2.63. The highest BCUT2D eigenvalue weighted by Crippen LogP contribution is 2.26. The smallest absolute Gasteiger partial charge is 0.123 e. The van der Waals surface area contributed by atoms with Gasteiger partial charge < -0.3 is 15.5 Å². The first kappa shape index (κ1) is 16.5. The van der Waals surface area contributed by atoms with Crippen molar-refractivity contribution in [3.8, 4) is 5.75 Å². The minimum atomic E-state index is -0.722. The average molecular weight is 303 g/mol. The molecular weight excluding hydrogens is 281 g/mol. The number of aliphatic hydroxyl groups excluding tert-OH is 1. The molecule has 0 amide bonds. The summed E-state index contributed by atoms with van der Waals surface area (Å²) >= 11 is 0. The van der Waals surface area contributed by atoms with Crippen LogP contribution in [0.15, 0.2) is 42.5 Å². The summed E-state index contributed by atoms with van der Waals surface area (Å²) in [6.45, 7) is 4.13. The predicted molar refractivity (Wildman–Crippen MR) is 85.2 cm³/mol. The van der Waals surface area contributed by atoms with Crippen LogP contribution in [0.4, 0.5) is 4.39 Å². The van der Waals surface area contributed by atoms with Crippen LogP contribution in [-0.4, -0.2) is 16.8 Å². The molecular formula is C18H22FNO2. The van der Waals surface area contributed by atoms with E-state index in [1.54, 1.807) is 25.1 Å². The summed E-state index contributed by atoms with van der Waals surface area (Å²) in [6.07, 6.45) is 0.0627. The van der Waals surface area contributed by atoms with Crippen molar-refractivity contribution in [1.82, 2.24) is 5.32 Å². The Labute approximate surface area is 130 Å². The maximum atomic E-state index is 13.1. The molecule has 0 saturated heterocycles. The van der Waals surface area contributed by atoms with E-state index in [4.69, 9.17) is 0 Å². The Morgan fingerprint density at radius 3 is 2.50 bits per heavy atom. The number of halogens is 1. The fourth-order valence-corrected chi connectivity index (χ4v) is 2.63. The lowest BCUT2D eigenvalue weighted by Crippen LogP contribution is -2.26. The Hall–Kier alpha value is -1.91. The molecule has 118 valence electrons. The maximum absolute atomic E-state index is 13.1. The van der Waals surface area contributed by atoms with E-state index in [-0.39, 0.29) is 17.6 Å². The molecule has 0 spiro atoms. The molecule has 0 heterocycles. The molecule has 3 N–H and O–H groups in total. The second-order valence-corrected chi connectivity index (χ2v) is 5.44. The van der Waals surface area contributed by atoms with Crippen molar-refractivity contribution in [2.24, 2.45) is 0 Å². The van der Waals surface area contributed by atoms with E-state index in [1.807, 2.05) is 19.1 Å². The van der Waals surface area contributed by atoms with Crippen molar-refractivity contribution in [3.63, 3.8) is 0 Å². The average Bonchev–Trinajstić information content (AvgIpc) is 2.49. The number of rotatable bonds is 6.